The van der Waals surface area contributed by atoms with Crippen molar-refractivity contribution in [2.24, 2.45) is 5.10 Å². The summed E-state index contributed by atoms with van der Waals surface area (Å²) >= 11 is 0. The molecule has 0 unspecified atom stereocenters. The lowest BCUT2D eigenvalue weighted by Gasteiger charge is -2.13. The Kier molecular flexibility index (Phi) is 3.29. The van der Waals surface area contributed by atoms with E-state index in [9.17, 15) is 4.39 Å². The lowest BCUT2D eigenvalue weighted by molar-refractivity contribution is 0.628. The van der Waals surface area contributed by atoms with Gasteiger partial charge in [0.2, 0.25) is 0 Å². The van der Waals surface area contributed by atoms with Crippen molar-refractivity contribution in [1.82, 2.24) is 0 Å². The third-order valence-corrected chi connectivity index (χ3v) is 2.60. The van der Waals surface area contributed by atoms with Gasteiger partial charge in [-0.3, -0.25) is 5.43 Å². The number of hydrazone groups is 1. The zero-order chi connectivity index (χ0) is 11.4. The number of nitrogens with zero attached hydrogens (tertiary/aromatic N) is 1. The van der Waals surface area contributed by atoms with Crippen LogP contribution in [-0.4, -0.2) is 11.4 Å². The summed E-state index contributed by atoms with van der Waals surface area (Å²) < 4.78 is 12.6. The Labute approximate surface area is 93.9 Å². The van der Waals surface area contributed by atoms with Crippen LogP contribution in [0.1, 0.15) is 25.7 Å². The summed E-state index contributed by atoms with van der Waals surface area (Å²) in [7, 11) is 0. The van der Waals surface area contributed by atoms with E-state index in [1.54, 1.807) is 12.1 Å². The van der Waals surface area contributed by atoms with Gasteiger partial charge in [0.1, 0.15) is 5.82 Å². The summed E-state index contributed by atoms with van der Waals surface area (Å²) in [6.07, 6.45) is 3.83. The van der Waals surface area contributed by atoms with Crippen LogP contribution in [0.25, 0.3) is 0 Å². The highest BCUT2D eigenvalue weighted by molar-refractivity contribution is 6.41. The van der Waals surface area contributed by atoms with E-state index in [4.69, 9.17) is 5.41 Å². The van der Waals surface area contributed by atoms with Crippen LogP contribution in [0.2, 0.25) is 0 Å². The molecule has 1 aliphatic rings. The molecule has 84 valence electrons. The summed E-state index contributed by atoms with van der Waals surface area (Å²) in [5, 5.41) is 11.9. The minimum atomic E-state index is -0.261. The molecule has 0 amide bonds. The minimum Gasteiger partial charge on any atom is -0.303 e. The fourth-order valence-corrected chi connectivity index (χ4v) is 1.67. The van der Waals surface area contributed by atoms with E-state index in [-0.39, 0.29) is 5.82 Å². The Balaban J connectivity index is 2.02. The Hall–Kier alpha value is -1.71. The van der Waals surface area contributed by atoms with E-state index in [0.717, 1.165) is 37.1 Å². The molecule has 0 spiro atoms. The highest BCUT2D eigenvalue weighted by atomic mass is 19.1. The van der Waals surface area contributed by atoms with Gasteiger partial charge in [0.25, 0.3) is 0 Å². The maximum atomic E-state index is 12.6. The van der Waals surface area contributed by atoms with Crippen molar-refractivity contribution < 1.29 is 4.39 Å². The monoisotopic (exact) mass is 219 g/mol. The molecule has 1 aromatic carbocycles. The van der Waals surface area contributed by atoms with Crippen LogP contribution in [0.15, 0.2) is 29.4 Å². The van der Waals surface area contributed by atoms with Gasteiger partial charge in [-0.25, -0.2) is 4.39 Å². The van der Waals surface area contributed by atoms with E-state index in [1.165, 1.54) is 12.1 Å². The standard InChI is InChI=1S/C12H14FN3/c13-9-5-7-10(8-6-9)15-16-12-4-2-1-3-11(12)14/h5-8,14-15H,1-4H2/b14-11?,16-12-. The van der Waals surface area contributed by atoms with Crippen LogP contribution >= 0.6 is 0 Å². The SMILES string of the molecule is N=C1CCCC/C1=N/Nc1ccc(F)cc1. The summed E-state index contributed by atoms with van der Waals surface area (Å²) in [6.45, 7) is 0. The van der Waals surface area contributed by atoms with Crippen molar-refractivity contribution in [3.63, 3.8) is 0 Å². The Bertz CT molecular complexity index is 409. The molecule has 0 aliphatic heterocycles. The molecular formula is C12H14FN3. The van der Waals surface area contributed by atoms with Gasteiger partial charge in [0.15, 0.2) is 0 Å². The number of hydrogen-bond acceptors (Lipinski definition) is 3. The molecular weight excluding hydrogens is 205 g/mol. The summed E-state index contributed by atoms with van der Waals surface area (Å²) in [6, 6.07) is 6.03. The van der Waals surface area contributed by atoms with Gasteiger partial charge in [-0.05, 0) is 49.9 Å². The van der Waals surface area contributed by atoms with Gasteiger partial charge in [0.05, 0.1) is 17.1 Å². The lowest BCUT2D eigenvalue weighted by atomic mass is 9.97. The normalized spacial score (nSPS) is 18.8. The second-order valence-electron chi connectivity index (χ2n) is 3.86. The largest absolute Gasteiger partial charge is 0.303 e. The zero-order valence-electron chi connectivity index (χ0n) is 8.96. The molecule has 2 rings (SSSR count). The zero-order valence-corrected chi connectivity index (χ0v) is 8.96. The van der Waals surface area contributed by atoms with E-state index in [0.29, 0.717) is 5.71 Å². The van der Waals surface area contributed by atoms with Crippen LogP contribution in [0.3, 0.4) is 0 Å². The fourth-order valence-electron chi connectivity index (χ4n) is 1.67. The highest BCUT2D eigenvalue weighted by Gasteiger charge is 2.12. The number of hydrogen-bond donors (Lipinski definition) is 2. The molecule has 0 atom stereocenters. The predicted molar refractivity (Wildman–Crippen MR) is 63.7 cm³/mol. The van der Waals surface area contributed by atoms with Crippen LogP contribution in [-0.2, 0) is 0 Å². The van der Waals surface area contributed by atoms with E-state index < -0.39 is 0 Å². The van der Waals surface area contributed by atoms with E-state index >= 15 is 0 Å². The molecule has 1 fully saturated rings. The van der Waals surface area contributed by atoms with Crippen molar-refractivity contribution in [1.29, 1.82) is 5.41 Å². The lowest BCUT2D eigenvalue weighted by Crippen LogP contribution is -2.19. The van der Waals surface area contributed by atoms with Crippen LogP contribution < -0.4 is 5.43 Å². The third kappa shape index (κ3) is 2.66. The van der Waals surface area contributed by atoms with Crippen LogP contribution in [0.4, 0.5) is 10.1 Å². The summed E-state index contributed by atoms with van der Waals surface area (Å²) in [5.41, 5.74) is 5.02. The van der Waals surface area contributed by atoms with Crippen LogP contribution in [0.5, 0.6) is 0 Å². The maximum absolute atomic E-state index is 12.6. The van der Waals surface area contributed by atoms with Gasteiger partial charge in [-0.2, -0.15) is 5.10 Å². The molecule has 16 heavy (non-hydrogen) atoms. The Morgan fingerprint density at radius 1 is 1.12 bits per heavy atom. The predicted octanol–water partition coefficient (Wildman–Crippen LogP) is 3.19. The smallest absolute Gasteiger partial charge is 0.123 e. The van der Waals surface area contributed by atoms with Crippen molar-refractivity contribution in [2.75, 3.05) is 5.43 Å². The summed E-state index contributed by atoms with van der Waals surface area (Å²) in [5.74, 6) is -0.261. The second kappa shape index (κ2) is 4.88. The number of halogens is 1. The molecule has 4 heteroatoms. The van der Waals surface area contributed by atoms with Crippen molar-refractivity contribution in [3.8, 4) is 0 Å². The topological polar surface area (TPSA) is 48.2 Å². The van der Waals surface area contributed by atoms with Crippen molar-refractivity contribution in [2.45, 2.75) is 25.7 Å². The number of anilines is 1. The first-order valence-electron chi connectivity index (χ1n) is 5.41. The number of rotatable bonds is 2. The second-order valence-corrected chi connectivity index (χ2v) is 3.86. The molecule has 0 aromatic heterocycles. The fraction of sp³-hybridized carbons (Fsp3) is 0.333. The van der Waals surface area contributed by atoms with Crippen LogP contribution in [0, 0.1) is 11.2 Å². The van der Waals surface area contributed by atoms with Gasteiger partial charge < -0.3 is 5.41 Å². The molecule has 0 heterocycles. The van der Waals surface area contributed by atoms with Gasteiger partial charge in [0, 0.05) is 0 Å². The Morgan fingerprint density at radius 2 is 1.81 bits per heavy atom. The minimum absolute atomic E-state index is 0.261. The van der Waals surface area contributed by atoms with Crippen molar-refractivity contribution in [3.05, 3.63) is 30.1 Å². The van der Waals surface area contributed by atoms with Gasteiger partial charge >= 0.3 is 0 Å². The first-order chi connectivity index (χ1) is 7.75. The molecule has 0 bridgehead atoms. The highest BCUT2D eigenvalue weighted by Crippen LogP contribution is 2.13. The number of benzene rings is 1. The molecule has 0 saturated heterocycles. The quantitative estimate of drug-likeness (QED) is 0.737. The average Bonchev–Trinajstić information content (AvgIpc) is 2.30. The van der Waals surface area contributed by atoms with Crippen molar-refractivity contribution >= 4 is 17.1 Å². The van der Waals surface area contributed by atoms with E-state index in [1.807, 2.05) is 0 Å². The average molecular weight is 219 g/mol. The Morgan fingerprint density at radius 3 is 2.50 bits per heavy atom. The molecule has 1 aliphatic carbocycles. The van der Waals surface area contributed by atoms with Gasteiger partial charge in [-0.1, -0.05) is 0 Å². The third-order valence-electron chi connectivity index (χ3n) is 2.60. The van der Waals surface area contributed by atoms with Gasteiger partial charge in [-0.15, -0.1) is 0 Å². The maximum Gasteiger partial charge on any atom is 0.123 e. The molecule has 1 aromatic rings. The van der Waals surface area contributed by atoms with E-state index in [2.05, 4.69) is 10.5 Å². The molecule has 0 radical (unpaired) electrons. The first kappa shape index (κ1) is 10.8. The molecule has 1 saturated carbocycles. The number of nitrogens with one attached hydrogen (secondary N) is 2. The molecule has 2 N–H and O–H groups in total. The first-order valence-corrected chi connectivity index (χ1v) is 5.41. The summed E-state index contributed by atoms with van der Waals surface area (Å²) in [4.78, 5) is 0. The molecule has 3 nitrogen and oxygen atoms in total.